The number of rotatable bonds is 1. The van der Waals surface area contributed by atoms with E-state index in [1.165, 1.54) is 12.1 Å². The maximum atomic E-state index is 10.6. The van der Waals surface area contributed by atoms with Crippen LogP contribution in [0.2, 0.25) is 0 Å². The average molecular weight is 280 g/mol. The molecule has 0 aliphatic heterocycles. The van der Waals surface area contributed by atoms with Gasteiger partial charge in [-0.1, -0.05) is 21.9 Å². The lowest BCUT2D eigenvalue weighted by molar-refractivity contribution is -0.384. The Bertz CT molecular complexity index is 609. The van der Waals surface area contributed by atoms with Gasteiger partial charge in [0.25, 0.3) is 5.69 Å². The second kappa shape index (κ2) is 4.33. The molecule has 0 aliphatic carbocycles. The Hall–Kier alpha value is -1.87. The normalized spacial score (nSPS) is 9.81. The van der Waals surface area contributed by atoms with Crippen molar-refractivity contribution in [1.82, 2.24) is 10.2 Å². The zero-order valence-electron chi connectivity index (χ0n) is 8.03. The molecule has 0 amide bonds. The quantitative estimate of drug-likeness (QED) is 0.377. The number of nitro groups is 1. The number of alkyl halides is 1. The third-order valence-corrected chi connectivity index (χ3v) is 2.31. The van der Waals surface area contributed by atoms with Crippen LogP contribution in [0.4, 0.5) is 5.69 Å². The van der Waals surface area contributed by atoms with Crippen molar-refractivity contribution in [3.63, 3.8) is 0 Å². The topological polar surface area (TPSA) is 71.8 Å². The summed E-state index contributed by atoms with van der Waals surface area (Å²) in [5.41, 5.74) is 1.30. The summed E-state index contributed by atoms with van der Waals surface area (Å²) in [5.74, 6) is 5.66. The fourth-order valence-electron chi connectivity index (χ4n) is 1.33. The number of hydrogen-bond acceptors (Lipinski definition) is 3. The van der Waals surface area contributed by atoms with Crippen molar-refractivity contribution >= 4 is 32.5 Å². The van der Waals surface area contributed by atoms with Crippen LogP contribution >= 0.6 is 15.9 Å². The minimum atomic E-state index is -0.436. The summed E-state index contributed by atoms with van der Waals surface area (Å²) in [5, 5.41) is 18.6. The summed E-state index contributed by atoms with van der Waals surface area (Å²) in [6.45, 7) is 0. The molecular weight excluding hydrogens is 274 g/mol. The third-order valence-electron chi connectivity index (χ3n) is 2.03. The number of nitrogens with zero attached hydrogens (tertiary/aromatic N) is 2. The van der Waals surface area contributed by atoms with Crippen LogP contribution < -0.4 is 0 Å². The molecule has 6 heteroatoms. The monoisotopic (exact) mass is 279 g/mol. The number of hydrogen-bond donors (Lipinski definition) is 1. The number of aromatic nitrogens is 2. The molecule has 16 heavy (non-hydrogen) atoms. The van der Waals surface area contributed by atoms with Gasteiger partial charge in [-0.15, -0.1) is 0 Å². The largest absolute Gasteiger partial charge is 0.270 e. The summed E-state index contributed by atoms with van der Waals surface area (Å²) in [6, 6.07) is 4.49. The van der Waals surface area contributed by atoms with Crippen molar-refractivity contribution < 1.29 is 4.92 Å². The zero-order chi connectivity index (χ0) is 11.5. The van der Waals surface area contributed by atoms with Gasteiger partial charge in [0.15, 0.2) is 0 Å². The predicted octanol–water partition coefficient (Wildman–Crippen LogP) is 2.22. The fraction of sp³-hybridized carbons (Fsp3) is 0.100. The lowest BCUT2D eigenvalue weighted by Crippen LogP contribution is -1.86. The number of nitro benzene ring substituents is 1. The van der Waals surface area contributed by atoms with Crippen molar-refractivity contribution in [3.8, 4) is 11.8 Å². The number of non-ortho nitro benzene ring substituents is 1. The summed E-state index contributed by atoms with van der Waals surface area (Å²) in [4.78, 5) is 10.2. The highest BCUT2D eigenvalue weighted by atomic mass is 79.9. The molecule has 0 atom stereocenters. The molecule has 1 aromatic carbocycles. The molecule has 80 valence electrons. The van der Waals surface area contributed by atoms with E-state index in [1.807, 2.05) is 0 Å². The summed E-state index contributed by atoms with van der Waals surface area (Å²) in [7, 11) is 0. The number of halogens is 1. The predicted molar refractivity (Wildman–Crippen MR) is 63.4 cm³/mol. The highest BCUT2D eigenvalue weighted by Crippen LogP contribution is 2.21. The molecule has 0 saturated heterocycles. The Morgan fingerprint density at radius 2 is 2.38 bits per heavy atom. The first-order valence-electron chi connectivity index (χ1n) is 4.39. The first-order chi connectivity index (χ1) is 7.72. The van der Waals surface area contributed by atoms with Crippen LogP contribution in [-0.4, -0.2) is 20.5 Å². The highest BCUT2D eigenvalue weighted by Gasteiger charge is 2.10. The molecule has 0 bridgehead atoms. The molecule has 1 N–H and O–H groups in total. The van der Waals surface area contributed by atoms with Crippen LogP contribution in [0.5, 0.6) is 0 Å². The maximum absolute atomic E-state index is 10.6. The van der Waals surface area contributed by atoms with Gasteiger partial charge in [-0.3, -0.25) is 15.2 Å². The van der Waals surface area contributed by atoms with Gasteiger partial charge in [-0.2, -0.15) is 5.10 Å². The molecule has 0 fully saturated rings. The molecule has 5 nitrogen and oxygen atoms in total. The van der Waals surface area contributed by atoms with E-state index in [2.05, 4.69) is 38.0 Å². The zero-order valence-corrected chi connectivity index (χ0v) is 9.61. The van der Waals surface area contributed by atoms with Gasteiger partial charge >= 0.3 is 0 Å². The lowest BCUT2D eigenvalue weighted by Gasteiger charge is -1.90. The summed E-state index contributed by atoms with van der Waals surface area (Å²) in [6.07, 6.45) is 0. The van der Waals surface area contributed by atoms with Gasteiger partial charge < -0.3 is 0 Å². The van der Waals surface area contributed by atoms with Gasteiger partial charge in [-0.25, -0.2) is 0 Å². The second-order valence-electron chi connectivity index (χ2n) is 2.99. The van der Waals surface area contributed by atoms with E-state index in [9.17, 15) is 10.1 Å². The second-order valence-corrected chi connectivity index (χ2v) is 3.55. The van der Waals surface area contributed by atoms with Crippen molar-refractivity contribution in [2.75, 3.05) is 5.33 Å². The molecule has 0 saturated carbocycles. The average Bonchev–Trinajstić information content (AvgIpc) is 2.68. The van der Waals surface area contributed by atoms with Crippen molar-refractivity contribution in [2.45, 2.75) is 0 Å². The third kappa shape index (κ3) is 1.90. The standard InChI is InChI=1S/C10H6BrN3O2/c11-5-1-2-9-8-6-7(14(15)16)3-4-10(8)13-12-9/h3-4,6H,5H2,(H,12,13). The van der Waals surface area contributed by atoms with E-state index in [4.69, 9.17) is 0 Å². The van der Waals surface area contributed by atoms with Gasteiger partial charge in [0.05, 0.1) is 15.8 Å². The van der Waals surface area contributed by atoms with Crippen LogP contribution in [0.25, 0.3) is 10.9 Å². The number of fused-ring (bicyclic) bond motifs is 1. The molecule has 2 rings (SSSR count). The van der Waals surface area contributed by atoms with Gasteiger partial charge in [-0.05, 0) is 12.0 Å². The van der Waals surface area contributed by atoms with E-state index in [-0.39, 0.29) is 5.69 Å². The Balaban J connectivity index is 2.60. The maximum Gasteiger partial charge on any atom is 0.270 e. The number of nitrogens with one attached hydrogen (secondary N) is 1. The van der Waals surface area contributed by atoms with Gasteiger partial charge in [0.1, 0.15) is 5.69 Å². The molecule has 1 aromatic heterocycles. The molecule has 2 aromatic rings. The van der Waals surface area contributed by atoms with Crippen LogP contribution in [-0.2, 0) is 0 Å². The Morgan fingerprint density at radius 1 is 1.56 bits per heavy atom. The molecule has 1 heterocycles. The molecule has 0 spiro atoms. The molecule has 0 radical (unpaired) electrons. The Morgan fingerprint density at radius 3 is 3.06 bits per heavy atom. The van der Waals surface area contributed by atoms with Crippen molar-refractivity contribution in [1.29, 1.82) is 0 Å². The smallest absolute Gasteiger partial charge is 0.269 e. The van der Waals surface area contributed by atoms with Crippen molar-refractivity contribution in [2.24, 2.45) is 0 Å². The van der Waals surface area contributed by atoms with E-state index in [1.54, 1.807) is 6.07 Å². The van der Waals surface area contributed by atoms with Gasteiger partial charge in [0, 0.05) is 17.5 Å². The molecular formula is C10H6BrN3O2. The van der Waals surface area contributed by atoms with Crippen LogP contribution in [0.15, 0.2) is 18.2 Å². The summed E-state index contributed by atoms with van der Waals surface area (Å²) >= 11 is 3.18. The number of aromatic amines is 1. The first-order valence-corrected chi connectivity index (χ1v) is 5.52. The minimum Gasteiger partial charge on any atom is -0.269 e. The lowest BCUT2D eigenvalue weighted by atomic mass is 10.2. The highest BCUT2D eigenvalue weighted by molar-refractivity contribution is 9.09. The Labute approximate surface area is 99.1 Å². The number of H-pyrrole nitrogens is 1. The van der Waals surface area contributed by atoms with E-state index < -0.39 is 4.92 Å². The van der Waals surface area contributed by atoms with E-state index in [0.29, 0.717) is 21.9 Å². The van der Waals surface area contributed by atoms with Crippen LogP contribution in [0, 0.1) is 22.0 Å². The Kier molecular flexibility index (Phi) is 2.88. The fourth-order valence-corrected chi connectivity index (χ4v) is 1.47. The van der Waals surface area contributed by atoms with Gasteiger partial charge in [0.2, 0.25) is 0 Å². The van der Waals surface area contributed by atoms with Crippen LogP contribution in [0.3, 0.4) is 0 Å². The van der Waals surface area contributed by atoms with Crippen molar-refractivity contribution in [3.05, 3.63) is 34.0 Å². The molecule has 0 aliphatic rings. The number of benzene rings is 1. The SMILES string of the molecule is O=[N+]([O-])c1ccc2n[nH]c(C#CCBr)c2c1. The summed E-state index contributed by atoms with van der Waals surface area (Å²) < 4.78 is 0. The molecule has 0 unspecified atom stereocenters. The van der Waals surface area contributed by atoms with E-state index >= 15 is 0 Å². The van der Waals surface area contributed by atoms with Crippen LogP contribution in [0.1, 0.15) is 5.69 Å². The first kappa shape index (κ1) is 10.6. The minimum absolute atomic E-state index is 0.0378. The van der Waals surface area contributed by atoms with E-state index in [0.717, 1.165) is 0 Å².